The van der Waals surface area contributed by atoms with E-state index in [9.17, 15) is 0 Å². The maximum absolute atomic E-state index is 6.36. The van der Waals surface area contributed by atoms with Crippen molar-refractivity contribution >= 4 is 11.8 Å². The standard InChI is InChI=1S/C14H29N4S/c1-4-18(3)8-10(16)6-12-11-5-9(15)7-17(2)13(11)19-14(12)18/h9-14H,4-8,15-16H2,1-3H3/q+1. The van der Waals surface area contributed by atoms with Crippen LogP contribution in [0.1, 0.15) is 19.8 Å². The molecule has 110 valence electrons. The number of quaternary nitrogens is 1. The lowest BCUT2D eigenvalue weighted by molar-refractivity contribution is -0.926. The molecule has 3 saturated heterocycles. The van der Waals surface area contributed by atoms with Crippen LogP contribution >= 0.6 is 11.8 Å². The highest BCUT2D eigenvalue weighted by Gasteiger charge is 2.57. The van der Waals surface area contributed by atoms with E-state index in [-0.39, 0.29) is 0 Å². The van der Waals surface area contributed by atoms with Gasteiger partial charge in [0.15, 0.2) is 0 Å². The van der Waals surface area contributed by atoms with Crippen LogP contribution in [0.3, 0.4) is 0 Å². The molecule has 3 rings (SSSR count). The van der Waals surface area contributed by atoms with Crippen LogP contribution in [0, 0.1) is 11.8 Å². The van der Waals surface area contributed by atoms with Gasteiger partial charge >= 0.3 is 0 Å². The third-order valence-electron chi connectivity index (χ3n) is 5.66. The average molecular weight is 285 g/mol. The molecule has 4 N–H and O–H groups in total. The Bertz CT molecular complexity index is 352. The fourth-order valence-electron chi connectivity index (χ4n) is 4.66. The van der Waals surface area contributed by atoms with E-state index in [1.807, 2.05) is 0 Å². The third-order valence-corrected chi connectivity index (χ3v) is 7.78. The molecule has 0 aromatic rings. The quantitative estimate of drug-likeness (QED) is 0.688. The number of fused-ring (bicyclic) bond motifs is 3. The molecule has 7 atom stereocenters. The van der Waals surface area contributed by atoms with Crippen molar-refractivity contribution in [3.8, 4) is 0 Å². The van der Waals surface area contributed by atoms with E-state index in [0.29, 0.717) is 17.5 Å². The Balaban J connectivity index is 1.88. The largest absolute Gasteiger partial charge is 0.327 e. The van der Waals surface area contributed by atoms with E-state index in [1.165, 1.54) is 19.4 Å². The molecule has 4 nitrogen and oxygen atoms in total. The molecule has 3 aliphatic heterocycles. The molecule has 7 unspecified atom stereocenters. The molecule has 3 aliphatic rings. The van der Waals surface area contributed by atoms with E-state index >= 15 is 0 Å². The maximum atomic E-state index is 6.36. The van der Waals surface area contributed by atoms with Crippen molar-refractivity contribution in [2.24, 2.45) is 23.3 Å². The molecule has 19 heavy (non-hydrogen) atoms. The first kappa shape index (κ1) is 14.1. The summed E-state index contributed by atoms with van der Waals surface area (Å²) in [4.78, 5) is 2.49. The number of piperidine rings is 2. The van der Waals surface area contributed by atoms with Crippen molar-refractivity contribution in [3.63, 3.8) is 0 Å². The number of likely N-dealkylation sites (tertiary alicyclic amines) is 2. The summed E-state index contributed by atoms with van der Waals surface area (Å²) in [5.74, 6) is 1.51. The summed E-state index contributed by atoms with van der Waals surface area (Å²) in [5, 5.41) is 1.40. The van der Waals surface area contributed by atoms with Gasteiger partial charge in [-0.1, -0.05) is 11.8 Å². The zero-order valence-corrected chi connectivity index (χ0v) is 13.3. The van der Waals surface area contributed by atoms with Crippen LogP contribution in [0.25, 0.3) is 0 Å². The van der Waals surface area contributed by atoms with Gasteiger partial charge in [0.1, 0.15) is 5.37 Å². The van der Waals surface area contributed by atoms with Gasteiger partial charge in [0.2, 0.25) is 0 Å². The Kier molecular flexibility index (Phi) is 3.63. The average Bonchev–Trinajstić information content (AvgIpc) is 2.69. The van der Waals surface area contributed by atoms with Crippen molar-refractivity contribution in [1.29, 1.82) is 0 Å². The summed E-state index contributed by atoms with van der Waals surface area (Å²) in [7, 11) is 4.65. The zero-order chi connectivity index (χ0) is 13.8. The van der Waals surface area contributed by atoms with Crippen LogP contribution in [-0.2, 0) is 0 Å². The minimum atomic E-state index is 0.351. The molecule has 0 spiro atoms. The van der Waals surface area contributed by atoms with Gasteiger partial charge in [-0.3, -0.25) is 4.90 Å². The predicted octanol–water partition coefficient (Wildman–Crippen LogP) is 0.478. The summed E-state index contributed by atoms with van der Waals surface area (Å²) in [6.07, 6.45) is 2.40. The van der Waals surface area contributed by atoms with E-state index in [2.05, 4.69) is 37.7 Å². The first-order valence-electron chi connectivity index (χ1n) is 7.65. The third kappa shape index (κ3) is 2.23. The Morgan fingerprint density at radius 2 is 1.89 bits per heavy atom. The predicted molar refractivity (Wildman–Crippen MR) is 81.6 cm³/mol. The second kappa shape index (κ2) is 4.88. The minimum absolute atomic E-state index is 0.351. The molecular weight excluding hydrogens is 256 g/mol. The van der Waals surface area contributed by atoms with E-state index < -0.39 is 0 Å². The molecule has 0 amide bonds. The van der Waals surface area contributed by atoms with Gasteiger partial charge < -0.3 is 16.0 Å². The normalized spacial score (nSPS) is 54.8. The summed E-state index contributed by atoms with van der Waals surface area (Å²) < 4.78 is 1.15. The first-order valence-corrected chi connectivity index (χ1v) is 8.60. The molecule has 0 aromatic carbocycles. The van der Waals surface area contributed by atoms with Gasteiger partial charge in [0.25, 0.3) is 0 Å². The number of hydrogen-bond acceptors (Lipinski definition) is 4. The summed E-state index contributed by atoms with van der Waals surface area (Å²) in [6.45, 7) is 5.69. The Morgan fingerprint density at radius 1 is 1.21 bits per heavy atom. The topological polar surface area (TPSA) is 55.3 Å². The number of nitrogens with zero attached hydrogens (tertiary/aromatic N) is 2. The molecule has 5 heteroatoms. The molecule has 0 saturated carbocycles. The van der Waals surface area contributed by atoms with Gasteiger partial charge in [-0.2, -0.15) is 0 Å². The molecule has 0 aromatic heterocycles. The monoisotopic (exact) mass is 285 g/mol. The number of likely N-dealkylation sites (N-methyl/N-ethyl adjacent to an activating group) is 2. The number of nitrogens with two attached hydrogens (primary N) is 2. The second-order valence-electron chi connectivity index (χ2n) is 7.15. The highest BCUT2D eigenvalue weighted by atomic mass is 32.2. The maximum Gasteiger partial charge on any atom is 0.140 e. The molecule has 3 fully saturated rings. The smallest absolute Gasteiger partial charge is 0.140 e. The summed E-state index contributed by atoms with van der Waals surface area (Å²) in [5.41, 5.74) is 12.6. The Morgan fingerprint density at radius 3 is 2.58 bits per heavy atom. The highest BCUT2D eigenvalue weighted by molar-refractivity contribution is 8.00. The SMILES string of the molecule is CC[N+]1(C)CC(N)CC2C3CC(N)CN(C)C3SC21. The van der Waals surface area contributed by atoms with E-state index in [1.54, 1.807) is 0 Å². The number of hydrogen-bond donors (Lipinski definition) is 2. The van der Waals surface area contributed by atoms with Crippen LogP contribution in [0.15, 0.2) is 0 Å². The van der Waals surface area contributed by atoms with Gasteiger partial charge in [-0.25, -0.2) is 0 Å². The molecule has 0 bridgehead atoms. The van der Waals surface area contributed by atoms with Crippen LogP contribution < -0.4 is 11.5 Å². The van der Waals surface area contributed by atoms with Crippen molar-refractivity contribution in [3.05, 3.63) is 0 Å². The van der Waals surface area contributed by atoms with Crippen molar-refractivity contribution in [2.75, 3.05) is 33.7 Å². The van der Waals surface area contributed by atoms with Gasteiger partial charge in [-0.05, 0) is 32.7 Å². The lowest BCUT2D eigenvalue weighted by Crippen LogP contribution is -2.62. The summed E-state index contributed by atoms with van der Waals surface area (Å²) in [6, 6.07) is 0.721. The molecular formula is C14H29N4S+. The Labute approximate surface area is 121 Å². The lowest BCUT2D eigenvalue weighted by atomic mass is 9.77. The van der Waals surface area contributed by atoms with Gasteiger partial charge in [0.05, 0.1) is 31.6 Å². The van der Waals surface area contributed by atoms with Crippen LogP contribution in [0.5, 0.6) is 0 Å². The van der Waals surface area contributed by atoms with Crippen molar-refractivity contribution < 1.29 is 4.48 Å². The van der Waals surface area contributed by atoms with E-state index in [4.69, 9.17) is 11.5 Å². The number of thioether (sulfide) groups is 1. The molecule has 3 heterocycles. The lowest BCUT2D eigenvalue weighted by Gasteiger charge is -2.48. The van der Waals surface area contributed by atoms with E-state index in [0.717, 1.165) is 34.8 Å². The van der Waals surface area contributed by atoms with Crippen LogP contribution in [0.4, 0.5) is 0 Å². The molecule has 0 radical (unpaired) electrons. The highest BCUT2D eigenvalue weighted by Crippen LogP contribution is 2.54. The van der Waals surface area contributed by atoms with Crippen molar-refractivity contribution in [1.82, 2.24) is 4.90 Å². The first-order chi connectivity index (χ1) is 8.94. The van der Waals surface area contributed by atoms with Crippen LogP contribution in [0.2, 0.25) is 0 Å². The minimum Gasteiger partial charge on any atom is -0.327 e. The summed E-state index contributed by atoms with van der Waals surface area (Å²) >= 11 is 2.21. The Hall–Kier alpha value is 0.190. The zero-order valence-electron chi connectivity index (χ0n) is 12.5. The van der Waals surface area contributed by atoms with Crippen molar-refractivity contribution in [2.45, 2.75) is 42.6 Å². The van der Waals surface area contributed by atoms with Gasteiger partial charge in [-0.15, -0.1) is 0 Å². The number of rotatable bonds is 1. The fraction of sp³-hybridized carbons (Fsp3) is 1.00. The fourth-order valence-corrected chi connectivity index (χ4v) is 6.80. The molecule has 0 aliphatic carbocycles. The van der Waals surface area contributed by atoms with Crippen LogP contribution in [-0.4, -0.2) is 65.9 Å². The second-order valence-corrected chi connectivity index (χ2v) is 8.39. The van der Waals surface area contributed by atoms with Gasteiger partial charge in [0, 0.05) is 18.5 Å².